The van der Waals surface area contributed by atoms with Crippen molar-refractivity contribution < 1.29 is 13.9 Å². The topological polar surface area (TPSA) is 46.6 Å². The van der Waals surface area contributed by atoms with Crippen molar-refractivity contribution >= 4 is 67.4 Å². The highest BCUT2D eigenvalue weighted by atomic mass is 36.0. The van der Waals surface area contributed by atoms with Crippen LogP contribution in [0.3, 0.4) is 0 Å². The molecule has 0 aromatic carbocycles. The molecule has 0 bridgehead atoms. The average molecular weight is 357 g/mol. The number of hydrogen-bond donors (Lipinski definition) is 0. The molecule has 11 heteroatoms. The molecule has 0 aromatic rings. The van der Waals surface area contributed by atoms with E-state index in [2.05, 4.69) is 33.7 Å². The molecule has 1 rings (SSSR count). The van der Waals surface area contributed by atoms with E-state index in [1.54, 1.807) is 4.67 Å². The van der Waals surface area contributed by atoms with Gasteiger partial charge in [-0.15, -0.1) is 0 Å². The molecule has 1 saturated heterocycles. The van der Waals surface area contributed by atoms with E-state index in [4.69, 9.17) is 27.2 Å². The van der Waals surface area contributed by atoms with Gasteiger partial charge in [-0.25, -0.2) is 4.67 Å². The van der Waals surface area contributed by atoms with Crippen LogP contribution in [0, 0.1) is 0 Å². The van der Waals surface area contributed by atoms with Crippen molar-refractivity contribution in [2.24, 2.45) is 0 Å². The van der Waals surface area contributed by atoms with Crippen molar-refractivity contribution in [2.45, 2.75) is 0 Å². The summed E-state index contributed by atoms with van der Waals surface area (Å²) in [7, 11) is 0. The lowest BCUT2D eigenvalue weighted by Crippen LogP contribution is -2.31. The summed E-state index contributed by atoms with van der Waals surface area (Å²) in [6.07, 6.45) is 0. The first-order valence-electron chi connectivity index (χ1n) is 3.62. The van der Waals surface area contributed by atoms with Gasteiger partial charge in [0, 0.05) is 13.1 Å². The molecule has 4 nitrogen and oxygen atoms in total. The van der Waals surface area contributed by atoms with E-state index in [-0.39, 0.29) is 0 Å². The van der Waals surface area contributed by atoms with Crippen LogP contribution in [0.1, 0.15) is 0 Å². The minimum atomic E-state index is -3.22. The van der Waals surface area contributed by atoms with Crippen molar-refractivity contribution in [3.05, 3.63) is 0 Å². The summed E-state index contributed by atoms with van der Waals surface area (Å²) in [5.74, 6) is -3.04. The molecule has 0 spiro atoms. The highest BCUT2D eigenvalue weighted by molar-refractivity contribution is 8.24. The zero-order valence-electron chi connectivity index (χ0n) is 7.28. The Morgan fingerprint density at radius 3 is 1.47 bits per heavy atom. The van der Waals surface area contributed by atoms with E-state index in [1.165, 1.54) is 0 Å². The highest BCUT2D eigenvalue weighted by Crippen LogP contribution is 2.61. The van der Waals surface area contributed by atoms with Gasteiger partial charge in [0.25, 0.3) is 0 Å². The number of hydrogen-bond acceptors (Lipinski definition) is 3. The predicted molar refractivity (Wildman–Crippen MR) is 66.9 cm³/mol. The normalized spacial score (nSPS) is 19.3. The summed E-state index contributed by atoms with van der Waals surface area (Å²) in [5, 5.41) is -3.22. The second-order valence-electron chi connectivity index (χ2n) is 2.40. The van der Waals surface area contributed by atoms with Crippen LogP contribution in [0.25, 0.3) is 0 Å². The summed E-state index contributed by atoms with van der Waals surface area (Å²) >= 11 is 24.7. The first-order valence-corrected chi connectivity index (χ1v) is 11.5. The van der Waals surface area contributed by atoms with E-state index in [0.717, 1.165) is 0 Å². The van der Waals surface area contributed by atoms with Gasteiger partial charge in [0.15, 0.2) is 0 Å². The van der Waals surface area contributed by atoms with Gasteiger partial charge in [0.2, 0.25) is 0 Å². The molecule has 15 heavy (non-hydrogen) atoms. The van der Waals surface area contributed by atoms with Crippen molar-refractivity contribution in [3.8, 4) is 0 Å². The Balaban J connectivity index is 0.000000336. The van der Waals surface area contributed by atoms with Gasteiger partial charge in [0.1, 0.15) is 0 Å². The maximum Gasteiger partial charge on any atom is 0.339 e. The Bertz CT molecular complexity index is 263. The molecular weight excluding hydrogens is 349 g/mol. The molecule has 0 amide bonds. The summed E-state index contributed by atoms with van der Waals surface area (Å²) in [6.45, 7) is 2.24. The molecule has 92 valence electrons. The van der Waals surface area contributed by atoms with Gasteiger partial charge in [-0.1, -0.05) is 0 Å². The zero-order valence-corrected chi connectivity index (χ0v) is 12.9. The molecule has 0 N–H and O–H groups in total. The third kappa shape index (κ3) is 12.1. The molecular formula is C4H8Cl5NO3P2. The third-order valence-electron chi connectivity index (χ3n) is 1.32. The molecule has 1 heterocycles. The van der Waals surface area contributed by atoms with Gasteiger partial charge in [-0.05, 0) is 56.2 Å². The van der Waals surface area contributed by atoms with Crippen LogP contribution in [0.2, 0.25) is 0 Å². The molecule has 0 aromatic heterocycles. The minimum Gasteiger partial charge on any atom is -0.379 e. The second kappa shape index (κ2) is 7.31. The fourth-order valence-electron chi connectivity index (χ4n) is 0.787. The lowest BCUT2D eigenvalue weighted by molar-refractivity contribution is 0.0739. The third-order valence-corrected chi connectivity index (χ3v) is 3.66. The summed E-state index contributed by atoms with van der Waals surface area (Å²) in [4.78, 5) is 0. The van der Waals surface area contributed by atoms with Crippen LogP contribution in [-0.4, -0.2) is 31.0 Å². The molecule has 0 saturated carbocycles. The van der Waals surface area contributed by atoms with E-state index < -0.39 is 11.2 Å². The molecule has 1 aliphatic rings. The van der Waals surface area contributed by atoms with Crippen LogP contribution < -0.4 is 0 Å². The van der Waals surface area contributed by atoms with E-state index >= 15 is 0 Å². The van der Waals surface area contributed by atoms with Crippen LogP contribution >= 0.6 is 67.4 Å². The average Bonchev–Trinajstić information content (AvgIpc) is 2.01. The Kier molecular flexibility index (Phi) is 8.20. The minimum absolute atomic E-state index is 0.559. The van der Waals surface area contributed by atoms with Gasteiger partial charge in [-0.2, -0.15) is 0 Å². The molecule has 0 radical (unpaired) electrons. The number of halogens is 5. The van der Waals surface area contributed by atoms with Gasteiger partial charge in [0.05, 0.1) is 13.2 Å². The molecule has 0 unspecified atom stereocenters. The van der Waals surface area contributed by atoms with Crippen molar-refractivity contribution in [3.63, 3.8) is 0 Å². The van der Waals surface area contributed by atoms with Crippen LogP contribution in [0.4, 0.5) is 0 Å². The van der Waals surface area contributed by atoms with Crippen molar-refractivity contribution in [1.29, 1.82) is 0 Å². The zero-order chi connectivity index (χ0) is 12.1. The van der Waals surface area contributed by atoms with E-state index in [9.17, 15) is 9.13 Å². The van der Waals surface area contributed by atoms with Gasteiger partial charge >= 0.3 is 11.2 Å². The van der Waals surface area contributed by atoms with Crippen molar-refractivity contribution in [2.75, 3.05) is 26.3 Å². The van der Waals surface area contributed by atoms with Crippen molar-refractivity contribution in [1.82, 2.24) is 4.67 Å². The lowest BCUT2D eigenvalue weighted by atomic mass is 10.5. The standard InChI is InChI=1S/C4H8Cl2NO2P.Cl3OP/c5-10(6,8)7-1-3-9-4-2-7;1-5(2,3)4/h1-4H2;. The lowest BCUT2D eigenvalue weighted by Gasteiger charge is -2.26. The van der Waals surface area contributed by atoms with E-state index in [0.29, 0.717) is 26.3 Å². The van der Waals surface area contributed by atoms with Crippen LogP contribution in [-0.2, 0) is 13.9 Å². The van der Waals surface area contributed by atoms with E-state index in [1.807, 2.05) is 0 Å². The van der Waals surface area contributed by atoms with Gasteiger partial charge < -0.3 is 4.74 Å². The quantitative estimate of drug-likeness (QED) is 0.638. The molecule has 0 atom stereocenters. The SMILES string of the molecule is O=P(Cl)(Cl)Cl.O=P(Cl)(Cl)N1CCOCC1. The summed E-state index contributed by atoms with van der Waals surface area (Å²) in [5.41, 5.74) is 0. The molecule has 0 aliphatic carbocycles. The maximum absolute atomic E-state index is 11.0. The summed E-state index contributed by atoms with van der Waals surface area (Å²) < 4.78 is 27.0. The smallest absolute Gasteiger partial charge is 0.339 e. The Hall–Kier alpha value is 1.83. The molecule has 1 fully saturated rings. The van der Waals surface area contributed by atoms with Gasteiger partial charge in [-0.3, -0.25) is 9.13 Å². The first kappa shape index (κ1) is 16.8. The monoisotopic (exact) mass is 355 g/mol. The second-order valence-corrected chi connectivity index (χ2v) is 13.7. The Morgan fingerprint density at radius 1 is 0.933 bits per heavy atom. The van der Waals surface area contributed by atoms with Crippen LogP contribution in [0.5, 0.6) is 0 Å². The molecule has 1 aliphatic heterocycles. The maximum atomic E-state index is 11.0. The number of rotatable bonds is 1. The first-order chi connectivity index (χ1) is 6.61. The fraction of sp³-hybridized carbons (Fsp3) is 1.00. The highest BCUT2D eigenvalue weighted by Gasteiger charge is 2.26. The fourth-order valence-corrected chi connectivity index (χ4v) is 2.32. The Morgan fingerprint density at radius 2 is 1.27 bits per heavy atom. The number of nitrogens with zero attached hydrogens (tertiary/aromatic N) is 1. The summed E-state index contributed by atoms with van der Waals surface area (Å²) in [6, 6.07) is 0. The van der Waals surface area contributed by atoms with Crippen LogP contribution in [0.15, 0.2) is 0 Å². The predicted octanol–water partition coefficient (Wildman–Crippen LogP) is 4.72. The number of ether oxygens (including phenoxy) is 1. The Labute approximate surface area is 112 Å². The number of morpholine rings is 1. The largest absolute Gasteiger partial charge is 0.379 e.